The van der Waals surface area contributed by atoms with Gasteiger partial charge in [0.1, 0.15) is 24.8 Å². The van der Waals surface area contributed by atoms with Crippen molar-refractivity contribution in [2.75, 3.05) is 13.3 Å². The number of benzene rings is 1. The van der Waals surface area contributed by atoms with Gasteiger partial charge in [0.25, 0.3) is 0 Å². The molecular weight excluding hydrogens is 338 g/mol. The number of fused-ring (bicyclic) bond motifs is 1. The summed E-state index contributed by atoms with van der Waals surface area (Å²) in [7, 11) is 0. The van der Waals surface area contributed by atoms with Gasteiger partial charge in [0.05, 0.1) is 12.7 Å². The second-order valence-corrected chi connectivity index (χ2v) is 6.41. The first kappa shape index (κ1) is 17.0. The molecule has 136 valence electrons. The maximum absolute atomic E-state index is 12.9. The number of carbonyl (C=O) groups excluding carboxylic acids is 1. The lowest BCUT2D eigenvalue weighted by atomic mass is 9.93. The average molecular weight is 357 g/mol. The van der Waals surface area contributed by atoms with Crippen LogP contribution in [0.5, 0.6) is 0 Å². The Bertz CT molecular complexity index is 809. The second-order valence-electron chi connectivity index (χ2n) is 6.41. The summed E-state index contributed by atoms with van der Waals surface area (Å²) in [5.74, 6) is -0.0297. The molecule has 9 nitrogen and oxygen atoms in total. The lowest BCUT2D eigenvalue weighted by Crippen LogP contribution is -2.59. The molecule has 9 heteroatoms. The van der Waals surface area contributed by atoms with E-state index in [1.54, 1.807) is 29.2 Å². The Labute approximate surface area is 149 Å². The van der Waals surface area contributed by atoms with Crippen LogP contribution in [0.1, 0.15) is 16.8 Å². The van der Waals surface area contributed by atoms with E-state index >= 15 is 0 Å². The fourth-order valence-electron chi connectivity index (χ4n) is 3.39. The Balaban J connectivity index is 1.62. The summed E-state index contributed by atoms with van der Waals surface area (Å²) in [4.78, 5) is 27.3. The highest BCUT2D eigenvalue weighted by Gasteiger charge is 2.50. The number of ether oxygens (including phenoxy) is 1. The molecule has 3 heterocycles. The number of nitrogens with zero attached hydrogens (tertiary/aromatic N) is 4. The van der Waals surface area contributed by atoms with Crippen LogP contribution >= 0.6 is 0 Å². The quantitative estimate of drug-likeness (QED) is 0.601. The largest absolute Gasteiger partial charge is 0.394 e. The number of aliphatic imine (C=N–C) groups is 3. The van der Waals surface area contributed by atoms with Gasteiger partial charge >= 0.3 is 0 Å². The zero-order valence-corrected chi connectivity index (χ0v) is 13.9. The normalized spacial score (nSPS) is 33.0. The number of hydrogen-bond donors (Lipinski definition) is 3. The van der Waals surface area contributed by atoms with Crippen molar-refractivity contribution in [1.82, 2.24) is 4.90 Å². The Kier molecular flexibility index (Phi) is 4.16. The van der Waals surface area contributed by atoms with Crippen LogP contribution in [0.2, 0.25) is 0 Å². The molecule has 0 amide bonds. The summed E-state index contributed by atoms with van der Waals surface area (Å²) in [5.41, 5.74) is 5.34. The third kappa shape index (κ3) is 2.56. The lowest BCUT2D eigenvalue weighted by molar-refractivity contribution is -0.0679. The van der Waals surface area contributed by atoms with Gasteiger partial charge in [-0.05, 0) is 0 Å². The number of hydrogen-bond acceptors (Lipinski definition) is 9. The maximum atomic E-state index is 12.9. The highest BCUT2D eigenvalue weighted by molar-refractivity contribution is 6.52. The molecule has 0 spiro atoms. The van der Waals surface area contributed by atoms with Crippen LogP contribution in [0.15, 0.2) is 45.3 Å². The highest BCUT2D eigenvalue weighted by atomic mass is 16.5. The molecular formula is C17H19N5O4. The van der Waals surface area contributed by atoms with E-state index in [0.717, 1.165) is 0 Å². The number of rotatable bonds is 4. The van der Waals surface area contributed by atoms with Crippen LogP contribution in [-0.2, 0) is 4.74 Å². The van der Waals surface area contributed by atoms with E-state index in [9.17, 15) is 15.0 Å². The lowest BCUT2D eigenvalue weighted by Gasteiger charge is -2.31. The molecule has 4 rings (SSSR count). The molecule has 1 unspecified atom stereocenters. The van der Waals surface area contributed by atoms with Crippen molar-refractivity contribution in [3.8, 4) is 0 Å². The van der Waals surface area contributed by atoms with Crippen LogP contribution in [0.25, 0.3) is 0 Å². The molecule has 4 N–H and O–H groups in total. The predicted octanol–water partition coefficient (Wildman–Crippen LogP) is -0.853. The Morgan fingerprint density at radius 1 is 1.38 bits per heavy atom. The van der Waals surface area contributed by atoms with Crippen molar-refractivity contribution in [3.63, 3.8) is 0 Å². The zero-order chi connectivity index (χ0) is 18.3. The minimum atomic E-state index is -1.67. The van der Waals surface area contributed by atoms with Gasteiger partial charge in [-0.15, -0.1) is 0 Å². The smallest absolute Gasteiger partial charge is 0.219 e. The van der Waals surface area contributed by atoms with Crippen molar-refractivity contribution in [1.29, 1.82) is 0 Å². The molecule has 0 aromatic heterocycles. The Morgan fingerprint density at radius 3 is 2.85 bits per heavy atom. The molecule has 4 atom stereocenters. The molecule has 0 aliphatic carbocycles. The Hall–Kier alpha value is -2.46. The van der Waals surface area contributed by atoms with Gasteiger partial charge < -0.3 is 19.8 Å². The van der Waals surface area contributed by atoms with Gasteiger partial charge in [0, 0.05) is 12.0 Å². The van der Waals surface area contributed by atoms with E-state index in [1.165, 1.54) is 6.34 Å². The zero-order valence-electron chi connectivity index (χ0n) is 13.9. The summed E-state index contributed by atoms with van der Waals surface area (Å²) >= 11 is 0. The van der Waals surface area contributed by atoms with Gasteiger partial charge in [-0.3, -0.25) is 15.5 Å². The van der Waals surface area contributed by atoms with E-state index in [2.05, 4.69) is 15.0 Å². The van der Waals surface area contributed by atoms with Gasteiger partial charge in [-0.2, -0.15) is 0 Å². The van der Waals surface area contributed by atoms with E-state index in [-0.39, 0.29) is 24.8 Å². The first-order chi connectivity index (χ1) is 12.5. The van der Waals surface area contributed by atoms with Crippen LogP contribution in [0.3, 0.4) is 0 Å². The Morgan fingerprint density at radius 2 is 2.15 bits per heavy atom. The van der Waals surface area contributed by atoms with Gasteiger partial charge in [0.15, 0.2) is 12.1 Å². The summed E-state index contributed by atoms with van der Waals surface area (Å²) in [6.45, 7) is -0.0468. The van der Waals surface area contributed by atoms with E-state index in [0.29, 0.717) is 17.8 Å². The molecule has 0 radical (unpaired) electrons. The summed E-state index contributed by atoms with van der Waals surface area (Å²) < 4.78 is 5.67. The average Bonchev–Trinajstić information content (AvgIpc) is 3.26. The van der Waals surface area contributed by atoms with Crippen LogP contribution < -0.4 is 5.73 Å². The molecule has 0 bridgehead atoms. The number of aliphatic hydroxyl groups excluding tert-OH is 2. The molecule has 26 heavy (non-hydrogen) atoms. The van der Waals surface area contributed by atoms with Crippen molar-refractivity contribution in [2.45, 2.75) is 30.5 Å². The monoisotopic (exact) mass is 357 g/mol. The number of aliphatic hydroxyl groups is 2. The summed E-state index contributed by atoms with van der Waals surface area (Å²) in [6, 6.07) is 8.64. The standard InChI is InChI=1S/C17H19N5O4/c18-17(14(25)10-4-2-1-3-5-10)13-15(19-8-21-17)22(9-20-13)16-12(24)6-11(7-23)26-16/h1-5,8,11-12,16,23-24H,6-7,9,18H2/t11-,12+,16+,17?/m0/s1. The van der Waals surface area contributed by atoms with Crippen molar-refractivity contribution in [3.05, 3.63) is 35.9 Å². The summed E-state index contributed by atoms with van der Waals surface area (Å²) in [6.07, 6.45) is -0.427. The predicted molar refractivity (Wildman–Crippen MR) is 94.1 cm³/mol. The molecule has 3 aliphatic heterocycles. The molecule has 3 aliphatic rings. The molecule has 0 saturated carbocycles. The van der Waals surface area contributed by atoms with Crippen molar-refractivity contribution in [2.24, 2.45) is 20.7 Å². The molecule has 1 saturated heterocycles. The first-order valence-electron chi connectivity index (χ1n) is 8.31. The van der Waals surface area contributed by atoms with Crippen molar-refractivity contribution >= 4 is 23.7 Å². The minimum absolute atomic E-state index is 0.137. The number of carbonyl (C=O) groups is 1. The number of Topliss-reactive ketones (excluding diaryl/α,β-unsaturated/α-hetero) is 1. The summed E-state index contributed by atoms with van der Waals surface area (Å²) in [5, 5.41) is 19.5. The fourth-order valence-corrected chi connectivity index (χ4v) is 3.39. The first-order valence-corrected chi connectivity index (χ1v) is 8.31. The maximum Gasteiger partial charge on any atom is 0.219 e. The van der Waals surface area contributed by atoms with Crippen LogP contribution in [0, 0.1) is 0 Å². The topological polar surface area (TPSA) is 133 Å². The third-order valence-corrected chi connectivity index (χ3v) is 4.73. The number of amidine groups is 1. The number of nitrogens with two attached hydrogens (primary N) is 1. The van der Waals surface area contributed by atoms with E-state index in [1.807, 2.05) is 6.07 Å². The fraction of sp³-hybridized carbons (Fsp3) is 0.412. The van der Waals surface area contributed by atoms with Crippen LogP contribution in [-0.4, -0.2) is 76.2 Å². The van der Waals surface area contributed by atoms with Crippen molar-refractivity contribution < 1.29 is 19.7 Å². The van der Waals surface area contributed by atoms with Crippen LogP contribution in [0.4, 0.5) is 0 Å². The number of ketones is 1. The SMILES string of the molecule is NC1(C(=O)c2ccccc2)N=CN=C2C1=NCN2[C@@H]1O[C@H](CO)C[C@H]1O. The third-order valence-electron chi connectivity index (χ3n) is 4.73. The second kappa shape index (κ2) is 6.36. The van der Waals surface area contributed by atoms with E-state index < -0.39 is 24.1 Å². The van der Waals surface area contributed by atoms with Gasteiger partial charge in [-0.1, -0.05) is 30.3 Å². The highest BCUT2D eigenvalue weighted by Crippen LogP contribution is 2.29. The van der Waals surface area contributed by atoms with Gasteiger partial charge in [-0.25, -0.2) is 9.98 Å². The van der Waals surface area contributed by atoms with E-state index in [4.69, 9.17) is 10.5 Å². The molecule has 1 fully saturated rings. The molecule has 1 aromatic carbocycles. The minimum Gasteiger partial charge on any atom is -0.394 e. The van der Waals surface area contributed by atoms with Gasteiger partial charge in [0.2, 0.25) is 11.4 Å². The molecule has 1 aromatic rings.